The second kappa shape index (κ2) is 6.57. The Hall–Kier alpha value is -2.47. The molecule has 2 aromatic carbocycles. The Balaban J connectivity index is 1.82. The molecule has 24 heavy (non-hydrogen) atoms. The Bertz CT molecular complexity index is 894. The van der Waals surface area contributed by atoms with Crippen LogP contribution in [0.15, 0.2) is 42.5 Å². The van der Waals surface area contributed by atoms with Crippen molar-refractivity contribution in [3.63, 3.8) is 0 Å². The summed E-state index contributed by atoms with van der Waals surface area (Å²) in [6, 6.07) is 11.5. The molecule has 1 atom stereocenters. The third kappa shape index (κ3) is 3.23. The molecule has 0 fully saturated rings. The van der Waals surface area contributed by atoms with Gasteiger partial charge in [-0.1, -0.05) is 29.8 Å². The number of carbonyl (C=O) groups excluding carboxylic acids is 1. The molecule has 4 nitrogen and oxygen atoms in total. The van der Waals surface area contributed by atoms with Crippen LogP contribution in [0.2, 0.25) is 5.02 Å². The van der Waals surface area contributed by atoms with E-state index in [0.717, 1.165) is 5.56 Å². The molecular weight excluding hydrogens is 336 g/mol. The van der Waals surface area contributed by atoms with Crippen LogP contribution in [0.1, 0.15) is 41.1 Å². The number of benzene rings is 2. The topological polar surface area (TPSA) is 57.8 Å². The number of aromatic nitrogens is 2. The predicted octanol–water partition coefficient (Wildman–Crippen LogP) is 4.64. The lowest BCUT2D eigenvalue weighted by atomic mass is 10.1. The van der Waals surface area contributed by atoms with Gasteiger partial charge in [-0.15, -0.1) is 0 Å². The lowest BCUT2D eigenvalue weighted by Crippen LogP contribution is -2.26. The number of carbonyl (C=O) groups is 1. The number of hydrogen-bond acceptors (Lipinski definition) is 2. The SMILES string of the molecule is CC(NC(=O)c1ccc2nc(C(F)F)[nH]c2c1)c1ccccc1Cl. The standard InChI is InChI=1S/C17H14ClF2N3O/c1-9(11-4-2-3-5-12(11)18)21-17(24)10-6-7-13-14(8-10)23-16(22-13)15(19)20/h2-9,15H,1H3,(H,21,24)(H,22,23). The molecule has 7 heteroatoms. The van der Waals surface area contributed by atoms with Crippen LogP contribution in [0.5, 0.6) is 0 Å². The maximum Gasteiger partial charge on any atom is 0.295 e. The van der Waals surface area contributed by atoms with E-state index in [9.17, 15) is 13.6 Å². The molecule has 0 spiro atoms. The first-order valence-electron chi connectivity index (χ1n) is 7.29. The first kappa shape index (κ1) is 16.4. The number of alkyl halides is 2. The second-order valence-electron chi connectivity index (χ2n) is 5.37. The van der Waals surface area contributed by atoms with Gasteiger partial charge in [0, 0.05) is 10.6 Å². The Kier molecular flexibility index (Phi) is 4.49. The summed E-state index contributed by atoms with van der Waals surface area (Å²) >= 11 is 6.12. The fourth-order valence-electron chi connectivity index (χ4n) is 2.46. The fourth-order valence-corrected chi connectivity index (χ4v) is 2.76. The Morgan fingerprint density at radius 3 is 2.71 bits per heavy atom. The van der Waals surface area contributed by atoms with Crippen molar-refractivity contribution in [2.24, 2.45) is 0 Å². The monoisotopic (exact) mass is 349 g/mol. The zero-order valence-corrected chi connectivity index (χ0v) is 13.4. The number of imidazole rings is 1. The van der Waals surface area contributed by atoms with E-state index in [1.807, 2.05) is 25.1 Å². The first-order valence-corrected chi connectivity index (χ1v) is 7.66. The normalized spacial score (nSPS) is 12.5. The zero-order chi connectivity index (χ0) is 17.3. The van der Waals surface area contributed by atoms with Crippen molar-refractivity contribution in [2.75, 3.05) is 0 Å². The van der Waals surface area contributed by atoms with E-state index in [-0.39, 0.29) is 11.9 Å². The largest absolute Gasteiger partial charge is 0.345 e. The van der Waals surface area contributed by atoms with E-state index in [0.29, 0.717) is 21.6 Å². The van der Waals surface area contributed by atoms with E-state index in [2.05, 4.69) is 15.3 Å². The van der Waals surface area contributed by atoms with Gasteiger partial charge in [0.05, 0.1) is 17.1 Å². The molecule has 0 saturated carbocycles. The molecule has 0 aliphatic carbocycles. The molecule has 1 aromatic heterocycles. The van der Waals surface area contributed by atoms with Crippen molar-refractivity contribution in [2.45, 2.75) is 19.4 Å². The number of nitrogens with zero attached hydrogens (tertiary/aromatic N) is 1. The van der Waals surface area contributed by atoms with Gasteiger partial charge in [-0.2, -0.15) is 0 Å². The molecule has 0 aliphatic heterocycles. The number of amides is 1. The van der Waals surface area contributed by atoms with Crippen molar-refractivity contribution >= 4 is 28.5 Å². The highest BCUT2D eigenvalue weighted by Gasteiger charge is 2.16. The van der Waals surface area contributed by atoms with Gasteiger partial charge < -0.3 is 10.3 Å². The maximum absolute atomic E-state index is 12.7. The number of fused-ring (bicyclic) bond motifs is 1. The molecule has 3 aromatic rings. The summed E-state index contributed by atoms with van der Waals surface area (Å²) < 4.78 is 25.4. The van der Waals surface area contributed by atoms with E-state index >= 15 is 0 Å². The van der Waals surface area contributed by atoms with Gasteiger partial charge in [-0.05, 0) is 36.8 Å². The van der Waals surface area contributed by atoms with E-state index in [1.54, 1.807) is 12.1 Å². The Morgan fingerprint density at radius 2 is 2.00 bits per heavy atom. The van der Waals surface area contributed by atoms with Crippen LogP contribution < -0.4 is 5.32 Å². The smallest absolute Gasteiger partial charge is 0.295 e. The van der Waals surface area contributed by atoms with Gasteiger partial charge >= 0.3 is 0 Å². The summed E-state index contributed by atoms with van der Waals surface area (Å²) in [7, 11) is 0. The number of hydrogen-bond donors (Lipinski definition) is 2. The summed E-state index contributed by atoms with van der Waals surface area (Å²) in [5, 5.41) is 3.41. The average Bonchev–Trinajstić information content (AvgIpc) is 2.98. The fraction of sp³-hybridized carbons (Fsp3) is 0.176. The van der Waals surface area contributed by atoms with Crippen molar-refractivity contribution in [1.29, 1.82) is 0 Å². The van der Waals surface area contributed by atoms with Gasteiger partial charge in [0.25, 0.3) is 12.3 Å². The summed E-state index contributed by atoms with van der Waals surface area (Å²) in [6.45, 7) is 1.82. The summed E-state index contributed by atoms with van der Waals surface area (Å²) in [5.41, 5.74) is 1.94. The lowest BCUT2D eigenvalue weighted by Gasteiger charge is -2.15. The Morgan fingerprint density at radius 1 is 1.25 bits per heavy atom. The van der Waals surface area contributed by atoms with Crippen LogP contribution in [0.4, 0.5) is 8.78 Å². The van der Waals surface area contributed by atoms with E-state index < -0.39 is 12.2 Å². The van der Waals surface area contributed by atoms with Crippen molar-refractivity contribution < 1.29 is 13.6 Å². The lowest BCUT2D eigenvalue weighted by molar-refractivity contribution is 0.0940. The average molecular weight is 350 g/mol. The minimum atomic E-state index is -2.69. The number of aromatic amines is 1. The summed E-state index contributed by atoms with van der Waals surface area (Å²) in [5.74, 6) is -0.732. The van der Waals surface area contributed by atoms with E-state index in [4.69, 9.17) is 11.6 Å². The van der Waals surface area contributed by atoms with Crippen LogP contribution >= 0.6 is 11.6 Å². The molecular formula is C17H14ClF2N3O. The quantitative estimate of drug-likeness (QED) is 0.720. The third-order valence-corrected chi connectivity index (χ3v) is 4.03. The maximum atomic E-state index is 12.7. The number of nitrogens with one attached hydrogen (secondary N) is 2. The predicted molar refractivity (Wildman–Crippen MR) is 88.4 cm³/mol. The number of halogens is 3. The van der Waals surface area contributed by atoms with E-state index in [1.165, 1.54) is 12.1 Å². The van der Waals surface area contributed by atoms with Crippen LogP contribution in [-0.4, -0.2) is 15.9 Å². The molecule has 0 bridgehead atoms. The molecule has 124 valence electrons. The van der Waals surface area contributed by atoms with Crippen molar-refractivity contribution in [3.05, 3.63) is 64.4 Å². The van der Waals surface area contributed by atoms with Crippen LogP contribution in [0.3, 0.4) is 0 Å². The van der Waals surface area contributed by atoms with Crippen LogP contribution in [0.25, 0.3) is 11.0 Å². The van der Waals surface area contributed by atoms with Gasteiger partial charge in [0.15, 0.2) is 5.82 Å². The highest BCUT2D eigenvalue weighted by atomic mass is 35.5. The molecule has 0 aliphatic rings. The number of rotatable bonds is 4. The molecule has 1 amide bonds. The van der Waals surface area contributed by atoms with Gasteiger partial charge in [0.2, 0.25) is 0 Å². The summed E-state index contributed by atoms with van der Waals surface area (Å²) in [4.78, 5) is 18.7. The van der Waals surface area contributed by atoms with Gasteiger partial charge in [-0.3, -0.25) is 4.79 Å². The molecule has 0 radical (unpaired) electrons. The number of H-pyrrole nitrogens is 1. The highest BCUT2D eigenvalue weighted by molar-refractivity contribution is 6.31. The highest BCUT2D eigenvalue weighted by Crippen LogP contribution is 2.23. The first-order chi connectivity index (χ1) is 11.5. The van der Waals surface area contributed by atoms with Gasteiger partial charge in [-0.25, -0.2) is 13.8 Å². The second-order valence-corrected chi connectivity index (χ2v) is 5.78. The molecule has 1 unspecified atom stereocenters. The molecule has 2 N–H and O–H groups in total. The molecule has 0 saturated heterocycles. The minimum Gasteiger partial charge on any atom is -0.345 e. The summed E-state index contributed by atoms with van der Waals surface area (Å²) in [6.07, 6.45) is -2.69. The zero-order valence-electron chi connectivity index (χ0n) is 12.7. The van der Waals surface area contributed by atoms with Gasteiger partial charge in [0.1, 0.15) is 0 Å². The third-order valence-electron chi connectivity index (χ3n) is 3.69. The molecule has 1 heterocycles. The Labute approximate surface area is 141 Å². The minimum absolute atomic E-state index is 0.291. The van der Waals surface area contributed by atoms with Crippen molar-refractivity contribution in [3.8, 4) is 0 Å². The van der Waals surface area contributed by atoms with Crippen LogP contribution in [0, 0.1) is 0 Å². The van der Waals surface area contributed by atoms with Crippen LogP contribution in [-0.2, 0) is 0 Å². The molecule has 3 rings (SSSR count). The van der Waals surface area contributed by atoms with Crippen molar-refractivity contribution in [1.82, 2.24) is 15.3 Å².